The van der Waals surface area contributed by atoms with E-state index in [0.29, 0.717) is 12.6 Å². The zero-order valence-corrected chi connectivity index (χ0v) is 11.9. The van der Waals surface area contributed by atoms with Crippen LogP contribution in [0.2, 0.25) is 0 Å². The van der Waals surface area contributed by atoms with Gasteiger partial charge in [-0.25, -0.2) is 4.98 Å². The number of para-hydroxylation sites is 1. The van der Waals surface area contributed by atoms with Crippen LogP contribution >= 0.6 is 15.9 Å². The molecule has 1 aromatic carbocycles. The highest BCUT2D eigenvalue weighted by Crippen LogP contribution is 2.35. The molecule has 0 amide bonds. The molecule has 1 unspecified atom stereocenters. The molecule has 0 aliphatic carbocycles. The summed E-state index contributed by atoms with van der Waals surface area (Å²) in [7, 11) is 1.79. The second-order valence-corrected chi connectivity index (χ2v) is 5.04. The molecule has 6 heteroatoms. The summed E-state index contributed by atoms with van der Waals surface area (Å²) in [5.41, 5.74) is 1.15. The van der Waals surface area contributed by atoms with Crippen molar-refractivity contribution in [3.63, 3.8) is 0 Å². The molecule has 98 valence electrons. The highest BCUT2D eigenvalue weighted by molar-refractivity contribution is 9.10. The summed E-state index contributed by atoms with van der Waals surface area (Å²) in [6, 6.07) is 8.13. The predicted molar refractivity (Wildman–Crippen MR) is 77.6 cm³/mol. The molecule has 0 saturated carbocycles. The lowest BCUT2D eigenvalue weighted by Gasteiger charge is -2.14. The van der Waals surface area contributed by atoms with Crippen molar-refractivity contribution in [1.82, 2.24) is 9.97 Å². The standard InChI is InChI=1S/C13H13BrN4O/c1-15-13-16-6-9(14)12(18-13)17-10-7-19-11-5-3-2-4-8(10)11/h2-6,10H,7H2,1H3,(H2,15,16,17,18). The number of hydrogen-bond donors (Lipinski definition) is 2. The Kier molecular flexibility index (Phi) is 3.25. The van der Waals surface area contributed by atoms with Gasteiger partial charge in [-0.05, 0) is 22.0 Å². The van der Waals surface area contributed by atoms with E-state index in [1.807, 2.05) is 18.2 Å². The second kappa shape index (κ2) is 5.05. The Hall–Kier alpha value is -1.82. The van der Waals surface area contributed by atoms with Crippen LogP contribution in [0.15, 0.2) is 34.9 Å². The molecule has 19 heavy (non-hydrogen) atoms. The Bertz CT molecular complexity index is 605. The third kappa shape index (κ3) is 2.35. The Morgan fingerprint density at radius 1 is 1.37 bits per heavy atom. The van der Waals surface area contributed by atoms with Crippen LogP contribution in [-0.2, 0) is 0 Å². The Morgan fingerprint density at radius 3 is 3.05 bits per heavy atom. The number of nitrogens with zero attached hydrogens (tertiary/aromatic N) is 2. The molecule has 1 aliphatic rings. The number of aromatic nitrogens is 2. The lowest BCUT2D eigenvalue weighted by Crippen LogP contribution is -2.14. The van der Waals surface area contributed by atoms with Gasteiger partial charge in [-0.2, -0.15) is 4.98 Å². The first kappa shape index (κ1) is 12.2. The molecular weight excluding hydrogens is 308 g/mol. The topological polar surface area (TPSA) is 59.1 Å². The van der Waals surface area contributed by atoms with E-state index in [1.165, 1.54) is 0 Å². The molecule has 0 fully saturated rings. The SMILES string of the molecule is CNc1ncc(Br)c(NC2COc3ccccc32)n1. The van der Waals surface area contributed by atoms with Gasteiger partial charge >= 0.3 is 0 Å². The molecule has 1 aliphatic heterocycles. The summed E-state index contributed by atoms with van der Waals surface area (Å²) >= 11 is 3.45. The van der Waals surface area contributed by atoms with Gasteiger partial charge < -0.3 is 15.4 Å². The van der Waals surface area contributed by atoms with Crippen molar-refractivity contribution < 1.29 is 4.74 Å². The summed E-state index contributed by atoms with van der Waals surface area (Å²) in [5.74, 6) is 2.27. The van der Waals surface area contributed by atoms with Crippen LogP contribution in [0.1, 0.15) is 11.6 Å². The van der Waals surface area contributed by atoms with Crippen molar-refractivity contribution in [3.8, 4) is 5.75 Å². The van der Waals surface area contributed by atoms with Gasteiger partial charge in [0, 0.05) is 18.8 Å². The van der Waals surface area contributed by atoms with Gasteiger partial charge in [0.25, 0.3) is 0 Å². The third-order valence-corrected chi connectivity index (χ3v) is 3.56. The quantitative estimate of drug-likeness (QED) is 0.910. The van der Waals surface area contributed by atoms with Gasteiger partial charge in [-0.1, -0.05) is 18.2 Å². The fourth-order valence-electron chi connectivity index (χ4n) is 2.04. The number of rotatable bonds is 3. The first-order valence-corrected chi connectivity index (χ1v) is 6.76. The lowest BCUT2D eigenvalue weighted by atomic mass is 10.1. The normalized spacial score (nSPS) is 16.6. The van der Waals surface area contributed by atoms with E-state index < -0.39 is 0 Å². The van der Waals surface area contributed by atoms with Gasteiger partial charge in [-0.3, -0.25) is 0 Å². The monoisotopic (exact) mass is 320 g/mol. The van der Waals surface area contributed by atoms with Crippen LogP contribution in [0, 0.1) is 0 Å². The van der Waals surface area contributed by atoms with Crippen molar-refractivity contribution in [1.29, 1.82) is 0 Å². The molecule has 2 N–H and O–H groups in total. The summed E-state index contributed by atoms with van der Waals surface area (Å²) in [4.78, 5) is 8.53. The van der Waals surface area contributed by atoms with Crippen LogP contribution in [0.25, 0.3) is 0 Å². The number of ether oxygens (including phenoxy) is 1. The van der Waals surface area contributed by atoms with E-state index in [-0.39, 0.29) is 6.04 Å². The van der Waals surface area contributed by atoms with Crippen molar-refractivity contribution in [2.75, 3.05) is 24.3 Å². The Labute approximate surface area is 119 Å². The van der Waals surface area contributed by atoms with Crippen LogP contribution in [0.5, 0.6) is 5.75 Å². The van der Waals surface area contributed by atoms with Gasteiger partial charge in [0.2, 0.25) is 5.95 Å². The smallest absolute Gasteiger partial charge is 0.224 e. The number of hydrogen-bond acceptors (Lipinski definition) is 5. The minimum absolute atomic E-state index is 0.104. The van der Waals surface area contributed by atoms with E-state index in [1.54, 1.807) is 13.2 Å². The Morgan fingerprint density at radius 2 is 2.21 bits per heavy atom. The van der Waals surface area contributed by atoms with Crippen LogP contribution in [-0.4, -0.2) is 23.6 Å². The molecule has 0 saturated heterocycles. The largest absolute Gasteiger partial charge is 0.491 e. The van der Waals surface area contributed by atoms with Crippen LogP contribution < -0.4 is 15.4 Å². The minimum Gasteiger partial charge on any atom is -0.491 e. The fraction of sp³-hybridized carbons (Fsp3) is 0.231. The van der Waals surface area contributed by atoms with Crippen molar-refractivity contribution in [3.05, 3.63) is 40.5 Å². The Balaban J connectivity index is 1.87. The van der Waals surface area contributed by atoms with E-state index in [4.69, 9.17) is 4.74 Å². The second-order valence-electron chi connectivity index (χ2n) is 4.19. The molecule has 3 rings (SSSR count). The first-order chi connectivity index (χ1) is 9.28. The van der Waals surface area contributed by atoms with Gasteiger partial charge in [0.15, 0.2) is 0 Å². The zero-order valence-electron chi connectivity index (χ0n) is 10.4. The number of nitrogens with one attached hydrogen (secondary N) is 2. The number of fused-ring (bicyclic) bond motifs is 1. The van der Waals surface area contributed by atoms with E-state index >= 15 is 0 Å². The zero-order chi connectivity index (χ0) is 13.2. The van der Waals surface area contributed by atoms with E-state index in [0.717, 1.165) is 21.6 Å². The van der Waals surface area contributed by atoms with Gasteiger partial charge in [-0.15, -0.1) is 0 Å². The summed E-state index contributed by atoms with van der Waals surface area (Å²) in [5, 5.41) is 6.30. The molecule has 1 aromatic heterocycles. The highest BCUT2D eigenvalue weighted by Gasteiger charge is 2.24. The van der Waals surface area contributed by atoms with Crippen LogP contribution in [0.3, 0.4) is 0 Å². The summed E-state index contributed by atoms with van der Waals surface area (Å²) < 4.78 is 6.47. The molecular formula is C13H13BrN4O. The summed E-state index contributed by atoms with van der Waals surface area (Å²) in [6.07, 6.45) is 1.73. The van der Waals surface area contributed by atoms with Crippen molar-refractivity contribution >= 4 is 27.7 Å². The third-order valence-electron chi connectivity index (χ3n) is 2.98. The maximum absolute atomic E-state index is 5.64. The molecule has 0 bridgehead atoms. The average Bonchev–Trinajstić information content (AvgIpc) is 2.85. The summed E-state index contributed by atoms with van der Waals surface area (Å²) in [6.45, 7) is 0.602. The molecule has 0 radical (unpaired) electrons. The molecule has 0 spiro atoms. The average molecular weight is 321 g/mol. The van der Waals surface area contributed by atoms with E-state index in [9.17, 15) is 0 Å². The van der Waals surface area contributed by atoms with Crippen molar-refractivity contribution in [2.24, 2.45) is 0 Å². The molecule has 2 heterocycles. The predicted octanol–water partition coefficient (Wildman–Crippen LogP) is 2.83. The molecule has 2 aromatic rings. The lowest BCUT2D eigenvalue weighted by molar-refractivity contribution is 0.339. The van der Waals surface area contributed by atoms with E-state index in [2.05, 4.69) is 42.6 Å². The maximum atomic E-state index is 5.64. The van der Waals surface area contributed by atoms with Gasteiger partial charge in [0.05, 0.1) is 10.5 Å². The van der Waals surface area contributed by atoms with Crippen molar-refractivity contribution in [2.45, 2.75) is 6.04 Å². The number of anilines is 2. The molecule has 1 atom stereocenters. The minimum atomic E-state index is 0.104. The first-order valence-electron chi connectivity index (χ1n) is 5.96. The number of halogens is 1. The fourth-order valence-corrected chi connectivity index (χ4v) is 2.34. The van der Waals surface area contributed by atoms with Gasteiger partial charge in [0.1, 0.15) is 18.2 Å². The molecule has 5 nitrogen and oxygen atoms in total. The number of benzene rings is 1. The maximum Gasteiger partial charge on any atom is 0.224 e. The van der Waals surface area contributed by atoms with Crippen LogP contribution in [0.4, 0.5) is 11.8 Å². The highest BCUT2D eigenvalue weighted by atomic mass is 79.9.